The van der Waals surface area contributed by atoms with Crippen LogP contribution in [0.5, 0.6) is 5.75 Å². The highest BCUT2D eigenvalue weighted by Gasteiger charge is 2.44. The minimum absolute atomic E-state index is 0.181. The number of imide groups is 1. The van der Waals surface area contributed by atoms with E-state index in [1.165, 1.54) is 11.8 Å². The molecule has 0 bridgehead atoms. The molecule has 0 unspecified atom stereocenters. The van der Waals surface area contributed by atoms with Crippen LogP contribution >= 0.6 is 0 Å². The highest BCUT2D eigenvalue weighted by atomic mass is 16.5. The Morgan fingerprint density at radius 2 is 1.62 bits per heavy atom. The van der Waals surface area contributed by atoms with E-state index in [9.17, 15) is 14.4 Å². The second-order valence-electron chi connectivity index (χ2n) is 8.16. The van der Waals surface area contributed by atoms with Gasteiger partial charge in [-0.15, -0.1) is 0 Å². The number of amides is 3. The van der Waals surface area contributed by atoms with Crippen LogP contribution in [0, 0.1) is 0 Å². The topological polar surface area (TPSA) is 79.0 Å². The number of fused-ring (bicyclic) bond motifs is 1. The standard InChI is InChI=1S/C27H23N3O4/c1-17(31)28-20-9-7-19(8-10-20)24-25(29-16-15-18-5-3-4-6-23(18)29)27(33)30(26(24)32)21-11-13-22(34-2)14-12-21/h3-14H,15-16H2,1-2H3,(H,28,31). The molecule has 2 aliphatic rings. The smallest absolute Gasteiger partial charge is 0.282 e. The normalized spacial score (nSPS) is 15.1. The van der Waals surface area contributed by atoms with Crippen molar-refractivity contribution in [3.05, 3.63) is 89.6 Å². The van der Waals surface area contributed by atoms with Gasteiger partial charge in [-0.3, -0.25) is 14.4 Å². The zero-order chi connectivity index (χ0) is 23.8. The van der Waals surface area contributed by atoms with Crippen molar-refractivity contribution < 1.29 is 19.1 Å². The fourth-order valence-electron chi connectivity index (χ4n) is 4.49. The number of carbonyl (C=O) groups excluding carboxylic acids is 3. The van der Waals surface area contributed by atoms with Gasteiger partial charge in [-0.1, -0.05) is 30.3 Å². The van der Waals surface area contributed by atoms with E-state index in [0.29, 0.717) is 40.5 Å². The van der Waals surface area contributed by atoms with Gasteiger partial charge in [0.15, 0.2) is 0 Å². The molecule has 3 aromatic rings. The number of hydrogen-bond acceptors (Lipinski definition) is 5. The van der Waals surface area contributed by atoms with E-state index >= 15 is 0 Å². The van der Waals surface area contributed by atoms with Crippen LogP contribution in [0.1, 0.15) is 18.1 Å². The zero-order valence-corrected chi connectivity index (χ0v) is 18.9. The van der Waals surface area contributed by atoms with Crippen LogP contribution in [0.4, 0.5) is 17.1 Å². The molecule has 0 fully saturated rings. The Labute approximate surface area is 197 Å². The maximum absolute atomic E-state index is 13.8. The van der Waals surface area contributed by atoms with Crippen molar-refractivity contribution in [2.45, 2.75) is 13.3 Å². The number of hydrogen-bond donors (Lipinski definition) is 1. The highest BCUT2D eigenvalue weighted by Crippen LogP contribution is 2.40. The summed E-state index contributed by atoms with van der Waals surface area (Å²) in [6.45, 7) is 2.04. The van der Waals surface area contributed by atoms with Crippen molar-refractivity contribution in [2.24, 2.45) is 0 Å². The van der Waals surface area contributed by atoms with E-state index < -0.39 is 0 Å². The summed E-state index contributed by atoms with van der Waals surface area (Å²) >= 11 is 0. The first-order valence-electron chi connectivity index (χ1n) is 11.0. The molecule has 3 aromatic carbocycles. The molecule has 1 N–H and O–H groups in total. The monoisotopic (exact) mass is 453 g/mol. The predicted octanol–water partition coefficient (Wildman–Crippen LogP) is 4.00. The summed E-state index contributed by atoms with van der Waals surface area (Å²) in [5.41, 5.74) is 4.48. The van der Waals surface area contributed by atoms with E-state index in [4.69, 9.17) is 4.74 Å². The summed E-state index contributed by atoms with van der Waals surface area (Å²) < 4.78 is 5.22. The van der Waals surface area contributed by atoms with E-state index in [1.807, 2.05) is 29.2 Å². The molecule has 7 heteroatoms. The Kier molecular flexibility index (Phi) is 5.37. The van der Waals surface area contributed by atoms with E-state index in [2.05, 4.69) is 5.32 Å². The second-order valence-corrected chi connectivity index (χ2v) is 8.16. The molecular formula is C27H23N3O4. The van der Waals surface area contributed by atoms with Crippen LogP contribution in [-0.2, 0) is 20.8 Å². The quantitative estimate of drug-likeness (QED) is 0.591. The van der Waals surface area contributed by atoms with Gasteiger partial charge in [-0.25, -0.2) is 4.90 Å². The molecule has 170 valence electrons. The molecule has 0 atom stereocenters. The van der Waals surface area contributed by atoms with Crippen molar-refractivity contribution in [3.63, 3.8) is 0 Å². The summed E-state index contributed by atoms with van der Waals surface area (Å²) in [5, 5.41) is 2.73. The van der Waals surface area contributed by atoms with Crippen molar-refractivity contribution in [3.8, 4) is 5.75 Å². The number of nitrogens with zero attached hydrogens (tertiary/aromatic N) is 2. The SMILES string of the molecule is COc1ccc(N2C(=O)C(c3ccc(NC(C)=O)cc3)=C(N3CCc4ccccc43)C2=O)cc1. The van der Waals surface area contributed by atoms with Crippen LogP contribution in [0.2, 0.25) is 0 Å². The van der Waals surface area contributed by atoms with Crippen molar-refractivity contribution in [1.82, 2.24) is 0 Å². The van der Waals surface area contributed by atoms with Crippen molar-refractivity contribution >= 4 is 40.4 Å². The second kappa shape index (κ2) is 8.51. The predicted molar refractivity (Wildman–Crippen MR) is 131 cm³/mol. The molecule has 0 radical (unpaired) electrons. The summed E-state index contributed by atoms with van der Waals surface area (Å²) in [6, 6.07) is 21.7. The molecule has 0 spiro atoms. The summed E-state index contributed by atoms with van der Waals surface area (Å²) in [4.78, 5) is 42.1. The Bertz CT molecular complexity index is 1330. The molecule has 34 heavy (non-hydrogen) atoms. The van der Waals surface area contributed by atoms with Crippen molar-refractivity contribution in [1.29, 1.82) is 0 Å². The average Bonchev–Trinajstić information content (AvgIpc) is 3.37. The molecule has 7 nitrogen and oxygen atoms in total. The maximum atomic E-state index is 13.8. The Morgan fingerprint density at radius 1 is 0.912 bits per heavy atom. The average molecular weight is 453 g/mol. The van der Waals surface area contributed by atoms with Gasteiger partial charge in [0.25, 0.3) is 11.8 Å². The Morgan fingerprint density at radius 3 is 2.29 bits per heavy atom. The molecule has 0 saturated carbocycles. The first-order chi connectivity index (χ1) is 16.5. The van der Waals surface area contributed by atoms with E-state index in [0.717, 1.165) is 17.7 Å². The lowest BCUT2D eigenvalue weighted by Crippen LogP contribution is -2.34. The van der Waals surface area contributed by atoms with Crippen LogP contribution in [0.15, 0.2) is 78.5 Å². The number of nitrogens with one attached hydrogen (secondary N) is 1. The Hall–Kier alpha value is -4.39. The van der Waals surface area contributed by atoms with Crippen molar-refractivity contribution in [2.75, 3.05) is 28.8 Å². The number of anilines is 3. The maximum Gasteiger partial charge on any atom is 0.282 e. The molecular weight excluding hydrogens is 430 g/mol. The van der Waals surface area contributed by atoms with Gasteiger partial charge in [0.2, 0.25) is 5.91 Å². The first-order valence-corrected chi connectivity index (χ1v) is 11.0. The fraction of sp³-hybridized carbons (Fsp3) is 0.148. The van der Waals surface area contributed by atoms with Crippen LogP contribution in [0.25, 0.3) is 5.57 Å². The number of carbonyl (C=O) groups is 3. The third-order valence-electron chi connectivity index (χ3n) is 6.04. The molecule has 0 aromatic heterocycles. The summed E-state index contributed by atoms with van der Waals surface area (Å²) in [7, 11) is 1.56. The molecule has 0 saturated heterocycles. The van der Waals surface area contributed by atoms with Crippen LogP contribution < -0.4 is 19.9 Å². The van der Waals surface area contributed by atoms with Gasteiger partial charge >= 0.3 is 0 Å². The minimum atomic E-state index is -0.387. The van der Waals surface area contributed by atoms with Crippen LogP contribution in [-0.4, -0.2) is 31.4 Å². The number of rotatable bonds is 5. The third-order valence-corrected chi connectivity index (χ3v) is 6.04. The van der Waals surface area contributed by atoms with E-state index in [-0.39, 0.29) is 17.7 Å². The zero-order valence-electron chi connectivity index (χ0n) is 18.9. The molecule has 5 rings (SSSR count). The number of para-hydroxylation sites is 1. The van der Waals surface area contributed by atoms with Gasteiger partial charge in [-0.05, 0) is 60.0 Å². The number of ether oxygens (including phenoxy) is 1. The lowest BCUT2D eigenvalue weighted by Gasteiger charge is -2.22. The molecule has 3 amide bonds. The van der Waals surface area contributed by atoms with Gasteiger partial charge in [0, 0.05) is 24.8 Å². The molecule has 0 aliphatic carbocycles. The first kappa shape index (κ1) is 21.5. The van der Waals surface area contributed by atoms with E-state index in [1.54, 1.807) is 55.6 Å². The van der Waals surface area contributed by atoms with Gasteiger partial charge in [-0.2, -0.15) is 0 Å². The Balaban J connectivity index is 1.62. The van der Waals surface area contributed by atoms with Gasteiger partial charge in [0.1, 0.15) is 11.4 Å². The largest absolute Gasteiger partial charge is 0.497 e. The van der Waals surface area contributed by atoms with Gasteiger partial charge < -0.3 is 15.0 Å². The van der Waals surface area contributed by atoms with Gasteiger partial charge in [0.05, 0.1) is 18.4 Å². The number of methoxy groups -OCH3 is 1. The summed E-state index contributed by atoms with van der Waals surface area (Å²) in [6.07, 6.45) is 0.790. The lowest BCUT2D eigenvalue weighted by molar-refractivity contribution is -0.120. The molecule has 2 heterocycles. The minimum Gasteiger partial charge on any atom is -0.497 e. The highest BCUT2D eigenvalue weighted by molar-refractivity contribution is 6.46. The fourth-order valence-corrected chi connectivity index (χ4v) is 4.49. The summed E-state index contributed by atoms with van der Waals surface area (Å²) in [5.74, 6) is -0.299. The third kappa shape index (κ3) is 3.61. The van der Waals surface area contributed by atoms with Crippen LogP contribution in [0.3, 0.4) is 0 Å². The lowest BCUT2D eigenvalue weighted by atomic mass is 10.0. The molecule has 2 aliphatic heterocycles. The number of benzene rings is 3.